The van der Waals surface area contributed by atoms with Crippen molar-refractivity contribution in [2.24, 2.45) is 20.5 Å². The second-order valence-corrected chi connectivity index (χ2v) is 15.2. The number of azo groups is 2. The van der Waals surface area contributed by atoms with Crippen LogP contribution in [0.3, 0.4) is 0 Å². The number of nitrogen functional groups attached to an aromatic ring is 1. The van der Waals surface area contributed by atoms with Crippen molar-refractivity contribution in [2.45, 2.75) is 28.5 Å². The second-order valence-electron chi connectivity index (χ2n) is 10.0. The molecule has 0 radical (unpaired) electrons. The van der Waals surface area contributed by atoms with Crippen LogP contribution in [0.2, 0.25) is 0 Å². The number of nitrogens with two attached hydrogens (primary N) is 1. The van der Waals surface area contributed by atoms with Gasteiger partial charge in [-0.1, -0.05) is 19.2 Å². The number of aromatic hydroxyl groups is 1. The molecule has 0 saturated heterocycles. The third kappa shape index (κ3) is 6.77. The van der Waals surface area contributed by atoms with E-state index in [4.69, 9.17) is 15.2 Å². The Kier molecular flexibility index (Phi) is 9.77. The monoisotopic (exact) mass is 715 g/mol. The number of anilines is 1. The second kappa shape index (κ2) is 13.1. The smallest absolute Gasteiger partial charge is 0.296 e. The first kappa shape index (κ1) is 35.7. The standard InChI is InChI=1S/C30H29N5O10S3/c1-7-46(37,38)24-15-22(44-5)21(11-17(24)4)34-32-19-10-9-18-13-26(48(41,42)43)29(28(31)27(18)30(19)36)35-33-20-14-23(45-6)25(12-16(20)3)47(39,40)8-2/h7-15,36H,1-2,31H2,3-6H3,(H,41,42,43). The number of fused-ring (bicyclic) bond motifs is 1. The van der Waals surface area contributed by atoms with E-state index in [1.807, 2.05) is 0 Å². The van der Waals surface area contributed by atoms with Gasteiger partial charge in [0, 0.05) is 22.9 Å². The van der Waals surface area contributed by atoms with Crippen LogP contribution < -0.4 is 15.2 Å². The highest BCUT2D eigenvalue weighted by Crippen LogP contribution is 2.46. The minimum Gasteiger partial charge on any atom is -0.505 e. The molecule has 0 aliphatic rings. The van der Waals surface area contributed by atoms with E-state index in [0.29, 0.717) is 11.1 Å². The molecule has 0 unspecified atom stereocenters. The Bertz CT molecular complexity index is 2410. The predicted molar refractivity (Wildman–Crippen MR) is 178 cm³/mol. The number of nitrogens with zero attached hydrogens (tertiary/aromatic N) is 4. The Labute approximate surface area is 276 Å². The van der Waals surface area contributed by atoms with E-state index in [0.717, 1.165) is 16.9 Å². The first-order chi connectivity index (χ1) is 22.4. The Hall–Kier alpha value is -5.17. The van der Waals surface area contributed by atoms with E-state index in [9.17, 15) is 34.9 Å². The molecule has 0 fully saturated rings. The molecule has 4 aromatic rings. The Morgan fingerprint density at radius 3 is 1.88 bits per heavy atom. The normalized spacial score (nSPS) is 12.5. The lowest BCUT2D eigenvalue weighted by atomic mass is 10.1. The van der Waals surface area contributed by atoms with Crippen LogP contribution in [0.4, 0.5) is 28.4 Å². The summed E-state index contributed by atoms with van der Waals surface area (Å²) in [5.41, 5.74) is 6.09. The number of rotatable bonds is 11. The largest absolute Gasteiger partial charge is 0.505 e. The molecule has 0 spiro atoms. The first-order valence-corrected chi connectivity index (χ1v) is 17.9. The van der Waals surface area contributed by atoms with Gasteiger partial charge in [0.05, 0.1) is 35.9 Å². The summed E-state index contributed by atoms with van der Waals surface area (Å²) >= 11 is 0. The topological polar surface area (TPSA) is 237 Å². The summed E-state index contributed by atoms with van der Waals surface area (Å²) in [7, 11) is -10.1. The average molecular weight is 716 g/mol. The number of aryl methyl sites for hydroxylation is 2. The number of methoxy groups -OCH3 is 2. The lowest BCUT2D eigenvalue weighted by molar-refractivity contribution is 0.403. The van der Waals surface area contributed by atoms with Gasteiger partial charge >= 0.3 is 0 Å². The van der Waals surface area contributed by atoms with Gasteiger partial charge in [-0.3, -0.25) is 4.55 Å². The molecule has 0 aliphatic heterocycles. The summed E-state index contributed by atoms with van der Waals surface area (Å²) in [6.45, 7) is 9.69. The Morgan fingerprint density at radius 1 is 0.708 bits per heavy atom. The molecule has 4 aromatic carbocycles. The highest BCUT2D eigenvalue weighted by molar-refractivity contribution is 7.94. The van der Waals surface area contributed by atoms with Crippen molar-refractivity contribution in [3.05, 3.63) is 77.6 Å². The highest BCUT2D eigenvalue weighted by atomic mass is 32.2. The molecule has 0 aliphatic carbocycles. The quantitative estimate of drug-likeness (QED) is 0.0841. The van der Waals surface area contributed by atoms with Crippen LogP contribution in [-0.4, -0.2) is 49.1 Å². The minimum atomic E-state index is -4.94. The maximum atomic E-state index is 12.4. The lowest BCUT2D eigenvalue weighted by Crippen LogP contribution is -2.02. The number of benzene rings is 4. The summed E-state index contributed by atoms with van der Waals surface area (Å²) in [6.07, 6.45) is 0. The van der Waals surface area contributed by atoms with Crippen molar-refractivity contribution in [3.63, 3.8) is 0 Å². The van der Waals surface area contributed by atoms with Crippen LogP contribution in [0.25, 0.3) is 10.8 Å². The first-order valence-electron chi connectivity index (χ1n) is 13.4. The van der Waals surface area contributed by atoms with Gasteiger partial charge in [0.1, 0.15) is 38.4 Å². The number of hydrogen-bond donors (Lipinski definition) is 3. The van der Waals surface area contributed by atoms with Crippen molar-refractivity contribution in [2.75, 3.05) is 20.0 Å². The molecular weight excluding hydrogens is 687 g/mol. The lowest BCUT2D eigenvalue weighted by Gasteiger charge is -2.13. The van der Waals surface area contributed by atoms with Crippen molar-refractivity contribution in [1.82, 2.24) is 0 Å². The van der Waals surface area contributed by atoms with Crippen LogP contribution in [-0.2, 0) is 29.8 Å². The Balaban J connectivity index is 1.89. The van der Waals surface area contributed by atoms with Gasteiger partial charge in [-0.15, -0.1) is 15.3 Å². The molecule has 4 N–H and O–H groups in total. The molecule has 48 heavy (non-hydrogen) atoms. The van der Waals surface area contributed by atoms with Crippen molar-refractivity contribution in [1.29, 1.82) is 0 Å². The van der Waals surface area contributed by atoms with Crippen molar-refractivity contribution < 1.29 is 44.4 Å². The van der Waals surface area contributed by atoms with Gasteiger partial charge in [-0.2, -0.15) is 13.5 Å². The summed E-state index contributed by atoms with van der Waals surface area (Å²) < 4.78 is 94.8. The summed E-state index contributed by atoms with van der Waals surface area (Å²) in [6, 6.07) is 8.89. The molecule has 0 aromatic heterocycles. The van der Waals surface area contributed by atoms with E-state index < -0.39 is 51.8 Å². The van der Waals surface area contributed by atoms with Crippen LogP contribution in [0.1, 0.15) is 11.1 Å². The highest BCUT2D eigenvalue weighted by Gasteiger charge is 2.24. The molecule has 0 amide bonds. The third-order valence-corrected chi connectivity index (χ3v) is 10.8. The zero-order chi connectivity index (χ0) is 35.8. The number of hydrogen-bond acceptors (Lipinski definition) is 14. The van der Waals surface area contributed by atoms with Crippen LogP contribution in [0.5, 0.6) is 17.2 Å². The fraction of sp³-hybridized carbons (Fsp3) is 0.133. The Morgan fingerprint density at radius 2 is 1.29 bits per heavy atom. The minimum absolute atomic E-state index is 0.0441. The summed E-state index contributed by atoms with van der Waals surface area (Å²) in [5, 5.41) is 28.9. The number of ether oxygens (including phenoxy) is 2. The van der Waals surface area contributed by atoms with Crippen LogP contribution in [0, 0.1) is 13.8 Å². The zero-order valence-electron chi connectivity index (χ0n) is 25.9. The molecule has 4 rings (SSSR count). The fourth-order valence-electron chi connectivity index (χ4n) is 4.57. The number of phenolic OH excluding ortho intramolecular Hbond substituents is 1. The number of phenols is 1. The van der Waals surface area contributed by atoms with Crippen molar-refractivity contribution in [3.8, 4) is 17.2 Å². The molecule has 0 atom stereocenters. The van der Waals surface area contributed by atoms with Gasteiger partial charge < -0.3 is 20.3 Å². The van der Waals surface area contributed by atoms with Gasteiger partial charge in [-0.05, 0) is 54.6 Å². The van der Waals surface area contributed by atoms with E-state index >= 15 is 0 Å². The molecule has 15 nitrogen and oxygen atoms in total. The third-order valence-electron chi connectivity index (χ3n) is 7.04. The van der Waals surface area contributed by atoms with E-state index in [-0.39, 0.29) is 49.1 Å². The molecular formula is C30H29N5O10S3. The molecule has 0 heterocycles. The van der Waals surface area contributed by atoms with Gasteiger partial charge in [0.15, 0.2) is 15.6 Å². The fourth-order valence-corrected chi connectivity index (χ4v) is 7.15. The van der Waals surface area contributed by atoms with Gasteiger partial charge in [0.25, 0.3) is 10.1 Å². The predicted octanol–water partition coefficient (Wildman–Crippen LogP) is 6.67. The van der Waals surface area contributed by atoms with E-state index in [1.165, 1.54) is 57.5 Å². The molecule has 0 saturated carbocycles. The maximum absolute atomic E-state index is 12.4. The number of sulfone groups is 2. The maximum Gasteiger partial charge on any atom is 0.296 e. The van der Waals surface area contributed by atoms with E-state index in [1.54, 1.807) is 6.92 Å². The molecule has 18 heteroatoms. The zero-order valence-corrected chi connectivity index (χ0v) is 28.3. The van der Waals surface area contributed by atoms with Crippen LogP contribution in [0.15, 0.2) is 102 Å². The SMILES string of the molecule is C=CS(=O)(=O)c1cc(OC)c(N=Nc2ccc3cc(S(=O)(=O)O)c(N=Nc4cc(OC)c(S(=O)(=O)C=C)cc4C)c(N)c3c2O)cc1C. The van der Waals surface area contributed by atoms with Crippen molar-refractivity contribution >= 4 is 69.0 Å². The van der Waals surface area contributed by atoms with Gasteiger partial charge in [-0.25, -0.2) is 16.8 Å². The van der Waals surface area contributed by atoms with E-state index in [2.05, 4.69) is 33.6 Å². The van der Waals surface area contributed by atoms with Crippen LogP contribution >= 0.6 is 0 Å². The summed E-state index contributed by atoms with van der Waals surface area (Å²) in [4.78, 5) is -0.954. The summed E-state index contributed by atoms with van der Waals surface area (Å²) in [5.74, 6) is -0.565. The average Bonchev–Trinajstić information content (AvgIpc) is 3.03. The molecule has 0 bridgehead atoms. The van der Waals surface area contributed by atoms with Gasteiger partial charge in [0.2, 0.25) is 9.84 Å². The molecule has 252 valence electrons.